The number of carbonyl (C=O) groups excluding carboxylic acids is 3. The number of nitrogens with one attached hydrogen (secondary N) is 1. The van der Waals surface area contributed by atoms with E-state index in [1.165, 1.54) is 12.5 Å². The highest BCUT2D eigenvalue weighted by Gasteiger charge is 2.55. The van der Waals surface area contributed by atoms with E-state index < -0.39 is 5.54 Å². The minimum atomic E-state index is -0.567. The summed E-state index contributed by atoms with van der Waals surface area (Å²) in [5.41, 5.74) is 2.68. The monoisotopic (exact) mass is 571 g/mol. The number of anilines is 1. The number of fused-ring (bicyclic) bond motifs is 1. The summed E-state index contributed by atoms with van der Waals surface area (Å²) in [6, 6.07) is 15.7. The van der Waals surface area contributed by atoms with Crippen molar-refractivity contribution in [2.75, 3.05) is 45.6 Å². The van der Waals surface area contributed by atoms with Crippen molar-refractivity contribution < 1.29 is 27.9 Å². The predicted octanol–water partition coefficient (Wildman–Crippen LogP) is 4.28. The van der Waals surface area contributed by atoms with Crippen LogP contribution < -0.4 is 5.32 Å². The number of hydrogen-bond acceptors (Lipinski definition) is 5. The van der Waals surface area contributed by atoms with Gasteiger partial charge in [-0.3, -0.25) is 9.59 Å². The average molecular weight is 572 g/mol. The molecule has 3 aromatic rings. The summed E-state index contributed by atoms with van der Waals surface area (Å²) in [5, 5.41) is 3.56. The van der Waals surface area contributed by atoms with Gasteiger partial charge in [-0.05, 0) is 57.4 Å². The summed E-state index contributed by atoms with van der Waals surface area (Å²) in [6.07, 6.45) is 3.93. The van der Waals surface area contributed by atoms with Gasteiger partial charge in [0.25, 0.3) is 5.91 Å². The van der Waals surface area contributed by atoms with Crippen molar-refractivity contribution in [3.8, 4) is 0 Å². The third kappa shape index (κ3) is 5.53. The molecule has 1 aromatic heterocycles. The van der Waals surface area contributed by atoms with Gasteiger partial charge in [-0.1, -0.05) is 35.3 Å². The van der Waals surface area contributed by atoms with Crippen LogP contribution in [-0.2, 0) is 16.0 Å². The Morgan fingerprint density at radius 2 is 1.90 bits per heavy atom. The number of amidine groups is 1. The van der Waals surface area contributed by atoms with Crippen molar-refractivity contribution in [2.45, 2.75) is 46.1 Å². The number of benzene rings is 2. The Labute approximate surface area is 247 Å². The SMILES string of the molecule is CC(=O)Nc1ccc2oc(C(=O)N3CC[N+](C)(C(=O)C4=NCCC(Cc5ccccc5)C=[N+]4C)C(C)(C)C3)c(C)c2c1. The van der Waals surface area contributed by atoms with Crippen molar-refractivity contribution in [1.82, 2.24) is 4.90 Å². The second-order valence-electron chi connectivity index (χ2n) is 12.4. The first-order valence-electron chi connectivity index (χ1n) is 14.6. The predicted molar refractivity (Wildman–Crippen MR) is 164 cm³/mol. The smallest absolute Gasteiger partial charge is 0.432 e. The van der Waals surface area contributed by atoms with Crippen LogP contribution in [0.1, 0.15) is 48.9 Å². The Hall–Kier alpha value is -4.11. The molecule has 2 aliphatic heterocycles. The van der Waals surface area contributed by atoms with Gasteiger partial charge in [-0.2, -0.15) is 0 Å². The highest BCUT2D eigenvalue weighted by Crippen LogP contribution is 2.33. The normalized spacial score (nSPS) is 22.2. The second-order valence-corrected chi connectivity index (χ2v) is 12.4. The van der Waals surface area contributed by atoms with Crippen LogP contribution in [-0.4, -0.2) is 89.5 Å². The Morgan fingerprint density at radius 3 is 2.60 bits per heavy atom. The molecule has 42 heavy (non-hydrogen) atoms. The first-order chi connectivity index (χ1) is 19.9. The lowest BCUT2D eigenvalue weighted by atomic mass is 9.94. The third-order valence-electron chi connectivity index (χ3n) is 8.98. The molecule has 1 N–H and O–H groups in total. The molecule has 5 rings (SSSR count). The van der Waals surface area contributed by atoms with E-state index >= 15 is 0 Å². The van der Waals surface area contributed by atoms with Crippen LogP contribution in [0.3, 0.4) is 0 Å². The highest BCUT2D eigenvalue weighted by atomic mass is 16.3. The molecule has 2 atom stereocenters. The Balaban J connectivity index is 1.33. The van der Waals surface area contributed by atoms with E-state index in [4.69, 9.17) is 9.41 Å². The number of carbonyl (C=O) groups is 3. The number of likely N-dealkylation sites (N-methyl/N-ethyl adjacent to an activating group) is 2. The fourth-order valence-electron chi connectivity index (χ4n) is 6.14. The standard InChI is InChI=1S/C33H40N5O4/c1-22-27-19-26(35-23(2)39)12-13-28(27)42-29(22)31(40)37-16-17-38(6,33(3,4)21-37)32(41)30-34-15-14-25(20-36(30)5)18-24-10-8-7-9-11-24/h7-13,19-20,25H,14-18,21H2,1-6H3/q+1/p+1. The van der Waals surface area contributed by atoms with Crippen molar-refractivity contribution in [3.05, 3.63) is 65.4 Å². The molecule has 3 amide bonds. The largest absolute Gasteiger partial charge is 0.451 e. The van der Waals surface area contributed by atoms with Crippen molar-refractivity contribution >= 4 is 46.4 Å². The number of aliphatic imine (C=N–C) groups is 1. The number of rotatable bonds is 5. The van der Waals surface area contributed by atoms with E-state index in [0.717, 1.165) is 23.8 Å². The summed E-state index contributed by atoms with van der Waals surface area (Å²) in [7, 11) is 3.88. The number of quaternary nitrogens is 1. The first kappa shape index (κ1) is 29.4. The van der Waals surface area contributed by atoms with Gasteiger partial charge in [0.15, 0.2) is 5.76 Å². The molecule has 0 aliphatic carbocycles. The molecule has 0 radical (unpaired) electrons. The van der Waals surface area contributed by atoms with Gasteiger partial charge in [-0.25, -0.2) is 13.9 Å². The number of furan rings is 1. The lowest BCUT2D eigenvalue weighted by Crippen LogP contribution is -2.73. The fourth-order valence-corrected chi connectivity index (χ4v) is 6.14. The van der Waals surface area contributed by atoms with E-state index in [1.807, 2.05) is 51.6 Å². The number of amides is 3. The maximum atomic E-state index is 14.2. The van der Waals surface area contributed by atoms with Gasteiger partial charge in [0.2, 0.25) is 5.91 Å². The first-order valence-corrected chi connectivity index (χ1v) is 14.6. The molecule has 9 heteroatoms. The molecule has 9 nitrogen and oxygen atoms in total. The van der Waals surface area contributed by atoms with Crippen molar-refractivity contribution in [1.29, 1.82) is 0 Å². The van der Waals surface area contributed by atoms with E-state index in [1.54, 1.807) is 17.0 Å². The minimum Gasteiger partial charge on any atom is -0.451 e. The zero-order chi connectivity index (χ0) is 30.2. The minimum absolute atomic E-state index is 0.0309. The van der Waals surface area contributed by atoms with Gasteiger partial charge >= 0.3 is 11.7 Å². The van der Waals surface area contributed by atoms with E-state index in [9.17, 15) is 14.4 Å². The topological polar surface area (TPSA) is 95.0 Å². The second kappa shape index (κ2) is 11.3. The maximum Gasteiger partial charge on any atom is 0.432 e. The fraction of sp³-hybridized carbons (Fsp3) is 0.424. The van der Waals surface area contributed by atoms with Gasteiger partial charge < -0.3 is 14.6 Å². The van der Waals surface area contributed by atoms with E-state index in [0.29, 0.717) is 49.2 Å². The Bertz CT molecular complexity index is 1600. The molecule has 0 saturated carbocycles. The molecule has 1 saturated heterocycles. The average Bonchev–Trinajstić information content (AvgIpc) is 3.15. The molecule has 2 aliphatic rings. The molecule has 3 heterocycles. The van der Waals surface area contributed by atoms with Crippen LogP contribution in [0.4, 0.5) is 5.69 Å². The van der Waals surface area contributed by atoms with Crippen LogP contribution in [0.15, 0.2) is 57.9 Å². The Kier molecular flexibility index (Phi) is 7.90. The summed E-state index contributed by atoms with van der Waals surface area (Å²) in [5.74, 6) is 0.665. The van der Waals surface area contributed by atoms with Crippen LogP contribution in [0.25, 0.3) is 11.0 Å². The summed E-state index contributed by atoms with van der Waals surface area (Å²) < 4.78 is 8.07. The quantitative estimate of drug-likeness (QED) is 0.365. The molecule has 2 unspecified atom stereocenters. The third-order valence-corrected chi connectivity index (χ3v) is 8.98. The zero-order valence-electron chi connectivity index (χ0n) is 25.4. The molecule has 2 aromatic carbocycles. The highest BCUT2D eigenvalue weighted by molar-refractivity contribution is 6.31. The summed E-state index contributed by atoms with van der Waals surface area (Å²) >= 11 is 0. The number of aryl methyl sites for hydroxylation is 1. The lowest BCUT2D eigenvalue weighted by Gasteiger charge is -2.50. The zero-order valence-corrected chi connectivity index (χ0v) is 25.4. The molecule has 220 valence electrons. The van der Waals surface area contributed by atoms with Crippen LogP contribution in [0, 0.1) is 12.8 Å². The van der Waals surface area contributed by atoms with Crippen LogP contribution in [0.5, 0.6) is 0 Å². The molecular formula is C33H41N5O4+2. The van der Waals surface area contributed by atoms with Gasteiger partial charge in [0, 0.05) is 29.5 Å². The van der Waals surface area contributed by atoms with Crippen LogP contribution >= 0.6 is 0 Å². The number of hydrogen-bond donors (Lipinski definition) is 1. The lowest BCUT2D eigenvalue weighted by molar-refractivity contribution is -0.886. The number of piperazine rings is 1. The van der Waals surface area contributed by atoms with Crippen molar-refractivity contribution in [3.63, 3.8) is 0 Å². The van der Waals surface area contributed by atoms with E-state index in [2.05, 4.69) is 35.8 Å². The Morgan fingerprint density at radius 1 is 1.17 bits per heavy atom. The summed E-state index contributed by atoms with van der Waals surface area (Å²) in [6.45, 7) is 9.25. The van der Waals surface area contributed by atoms with Gasteiger partial charge in [-0.15, -0.1) is 0 Å². The van der Waals surface area contributed by atoms with Gasteiger partial charge in [0.05, 0.1) is 33.4 Å². The van der Waals surface area contributed by atoms with Gasteiger partial charge in [0.1, 0.15) is 24.2 Å². The van der Waals surface area contributed by atoms with E-state index in [-0.39, 0.29) is 28.0 Å². The van der Waals surface area contributed by atoms with Crippen molar-refractivity contribution in [2.24, 2.45) is 10.9 Å². The molecule has 0 bridgehead atoms. The maximum absolute atomic E-state index is 14.2. The van der Waals surface area contributed by atoms with Crippen LogP contribution in [0.2, 0.25) is 0 Å². The molecular weight excluding hydrogens is 530 g/mol. The molecule has 1 fully saturated rings. The summed E-state index contributed by atoms with van der Waals surface area (Å²) in [4.78, 5) is 46.0. The molecule has 0 spiro atoms. The number of nitrogens with zero attached hydrogens (tertiary/aromatic N) is 4.